The van der Waals surface area contributed by atoms with Crippen LogP contribution >= 0.6 is 0 Å². The van der Waals surface area contributed by atoms with Gasteiger partial charge in [0.1, 0.15) is 29.6 Å². The molecule has 1 aromatic carbocycles. The van der Waals surface area contributed by atoms with E-state index in [4.69, 9.17) is 19.4 Å². The zero-order valence-electron chi connectivity index (χ0n) is 22.3. The van der Waals surface area contributed by atoms with Crippen LogP contribution in [0.4, 0.5) is 16.3 Å². The molecule has 204 valence electrons. The Labute approximate surface area is 227 Å². The SMILES string of the molecule is CC(C)(C)c1cc(NC(=O)Nc2ccc(C#Cc3cnc(/C=C(\C=N)OCCN4CCOCC4)[nH]3)cc2)no1. The number of aromatic nitrogens is 3. The summed E-state index contributed by atoms with van der Waals surface area (Å²) in [6.45, 7) is 10.5. The Morgan fingerprint density at radius 2 is 1.97 bits per heavy atom. The fourth-order valence-corrected chi connectivity index (χ4v) is 3.59. The van der Waals surface area contributed by atoms with Gasteiger partial charge in [0.15, 0.2) is 5.82 Å². The summed E-state index contributed by atoms with van der Waals surface area (Å²) in [4.78, 5) is 22.0. The van der Waals surface area contributed by atoms with Crippen molar-refractivity contribution in [2.75, 3.05) is 50.1 Å². The molecule has 11 nitrogen and oxygen atoms in total. The van der Waals surface area contributed by atoms with Gasteiger partial charge in [0.25, 0.3) is 0 Å². The Hall–Kier alpha value is -4.40. The summed E-state index contributed by atoms with van der Waals surface area (Å²) in [6, 6.07) is 8.43. The minimum Gasteiger partial charge on any atom is -0.491 e. The number of H-pyrrole nitrogens is 1. The smallest absolute Gasteiger partial charge is 0.324 e. The summed E-state index contributed by atoms with van der Waals surface area (Å²) in [7, 11) is 0. The molecule has 0 bridgehead atoms. The number of imidazole rings is 1. The van der Waals surface area contributed by atoms with Gasteiger partial charge in [-0.25, -0.2) is 9.78 Å². The van der Waals surface area contributed by atoms with E-state index in [1.54, 1.807) is 30.5 Å². The number of hydrogen-bond donors (Lipinski definition) is 4. The van der Waals surface area contributed by atoms with Crippen LogP contribution in [0.15, 0.2) is 46.8 Å². The van der Waals surface area contributed by atoms with E-state index < -0.39 is 6.03 Å². The van der Waals surface area contributed by atoms with Gasteiger partial charge >= 0.3 is 6.03 Å². The van der Waals surface area contributed by atoms with Crippen LogP contribution in [0, 0.1) is 17.3 Å². The number of hydrogen-bond acceptors (Lipinski definition) is 8. The molecule has 1 aliphatic rings. The van der Waals surface area contributed by atoms with E-state index in [-0.39, 0.29) is 5.41 Å². The molecule has 4 rings (SSSR count). The number of anilines is 2. The van der Waals surface area contributed by atoms with Gasteiger partial charge in [-0.2, -0.15) is 0 Å². The average Bonchev–Trinajstić information content (AvgIpc) is 3.58. The molecule has 2 aromatic heterocycles. The first-order valence-corrected chi connectivity index (χ1v) is 12.7. The van der Waals surface area contributed by atoms with Crippen LogP contribution in [0.2, 0.25) is 0 Å². The summed E-state index contributed by atoms with van der Waals surface area (Å²) in [5, 5.41) is 16.9. The van der Waals surface area contributed by atoms with Crippen molar-refractivity contribution in [2.45, 2.75) is 26.2 Å². The predicted octanol–water partition coefficient (Wildman–Crippen LogP) is 4.08. The number of aromatic amines is 1. The number of ether oxygens (including phenoxy) is 2. The van der Waals surface area contributed by atoms with Crippen molar-refractivity contribution < 1.29 is 18.8 Å². The van der Waals surface area contributed by atoms with Crippen molar-refractivity contribution in [3.05, 3.63) is 65.1 Å². The number of carbonyl (C=O) groups excluding carboxylic acids is 1. The fraction of sp³-hybridized carbons (Fsp3) is 0.357. The third kappa shape index (κ3) is 8.56. The van der Waals surface area contributed by atoms with E-state index in [1.807, 2.05) is 32.9 Å². The molecule has 0 unspecified atom stereocenters. The van der Waals surface area contributed by atoms with Crippen LogP contribution in [-0.4, -0.2) is 71.7 Å². The molecule has 2 amide bonds. The molecule has 3 heterocycles. The summed E-state index contributed by atoms with van der Waals surface area (Å²) in [5.74, 6) is 8.10. The maximum atomic E-state index is 12.3. The highest BCUT2D eigenvalue weighted by atomic mass is 16.5. The Bertz CT molecular complexity index is 1350. The largest absolute Gasteiger partial charge is 0.491 e. The maximum Gasteiger partial charge on any atom is 0.324 e. The summed E-state index contributed by atoms with van der Waals surface area (Å²) < 4.78 is 16.4. The lowest BCUT2D eigenvalue weighted by Crippen LogP contribution is -2.38. The van der Waals surface area contributed by atoms with Crippen LogP contribution in [0.1, 0.15) is 43.6 Å². The Kier molecular flexibility index (Phi) is 9.14. The monoisotopic (exact) mass is 531 g/mol. The fourth-order valence-electron chi connectivity index (χ4n) is 3.59. The number of nitrogens with zero attached hydrogens (tertiary/aromatic N) is 3. The zero-order chi connectivity index (χ0) is 27.7. The first kappa shape index (κ1) is 27.6. The second-order valence-electron chi connectivity index (χ2n) is 9.91. The minimum atomic E-state index is -0.421. The number of nitrogens with one attached hydrogen (secondary N) is 4. The summed E-state index contributed by atoms with van der Waals surface area (Å²) in [6.07, 6.45) is 4.47. The van der Waals surface area contributed by atoms with Crippen molar-refractivity contribution in [3.8, 4) is 11.8 Å². The van der Waals surface area contributed by atoms with Gasteiger partial charge in [0.05, 0.1) is 25.6 Å². The van der Waals surface area contributed by atoms with Gasteiger partial charge in [0, 0.05) is 48.4 Å². The maximum absolute atomic E-state index is 12.3. The molecule has 0 spiro atoms. The van der Waals surface area contributed by atoms with Crippen LogP contribution in [0.3, 0.4) is 0 Å². The van der Waals surface area contributed by atoms with Crippen LogP contribution < -0.4 is 10.6 Å². The minimum absolute atomic E-state index is 0.199. The summed E-state index contributed by atoms with van der Waals surface area (Å²) in [5.41, 5.74) is 1.81. The van der Waals surface area contributed by atoms with Crippen molar-refractivity contribution in [1.29, 1.82) is 5.41 Å². The first-order chi connectivity index (χ1) is 18.8. The van der Waals surface area contributed by atoms with Crippen LogP contribution in [0.5, 0.6) is 0 Å². The number of rotatable bonds is 8. The van der Waals surface area contributed by atoms with Gasteiger partial charge < -0.3 is 29.7 Å². The quantitative estimate of drug-likeness (QED) is 0.195. The molecule has 1 saturated heterocycles. The standard InChI is InChI=1S/C28H33N7O4/c1-28(2,3)24-17-26(34-39-24)33-27(36)32-21-7-4-20(5-8-21)6-9-22-19-30-25(31-22)16-23(18-29)38-15-12-35-10-13-37-14-11-35/h4-5,7-8,16-19,29H,10-15H2,1-3H3,(H,30,31)(H2,32,33,34,36)/b23-16+,29-18?. The van der Waals surface area contributed by atoms with Crippen molar-refractivity contribution in [1.82, 2.24) is 20.0 Å². The lowest BCUT2D eigenvalue weighted by atomic mass is 9.93. The number of allylic oxidation sites excluding steroid dienone is 1. The number of amides is 2. The predicted molar refractivity (Wildman–Crippen MR) is 149 cm³/mol. The normalized spacial score (nSPS) is 14.3. The Morgan fingerprint density at radius 1 is 1.21 bits per heavy atom. The molecule has 0 aliphatic carbocycles. The molecule has 3 aromatic rings. The highest BCUT2D eigenvalue weighted by Crippen LogP contribution is 2.24. The molecule has 11 heteroatoms. The van der Waals surface area contributed by atoms with Gasteiger partial charge in [-0.15, -0.1) is 0 Å². The molecule has 1 aliphatic heterocycles. The Morgan fingerprint density at radius 3 is 2.67 bits per heavy atom. The molecule has 4 N–H and O–H groups in total. The molecule has 0 radical (unpaired) electrons. The van der Waals surface area contributed by atoms with Crippen molar-refractivity contribution in [2.24, 2.45) is 0 Å². The lowest BCUT2D eigenvalue weighted by molar-refractivity contribution is 0.0286. The van der Waals surface area contributed by atoms with E-state index in [9.17, 15) is 4.79 Å². The third-order valence-electron chi connectivity index (χ3n) is 5.77. The number of urea groups is 1. The van der Waals surface area contributed by atoms with Crippen LogP contribution in [-0.2, 0) is 14.9 Å². The van der Waals surface area contributed by atoms with Gasteiger partial charge in [-0.3, -0.25) is 10.2 Å². The molecule has 39 heavy (non-hydrogen) atoms. The molecule has 1 fully saturated rings. The second-order valence-corrected chi connectivity index (χ2v) is 9.91. The second kappa shape index (κ2) is 12.9. The third-order valence-corrected chi connectivity index (χ3v) is 5.77. The molecular formula is C28H33N7O4. The van der Waals surface area contributed by atoms with E-state index in [2.05, 4.69) is 42.5 Å². The van der Waals surface area contributed by atoms with Crippen molar-refractivity contribution >= 4 is 29.8 Å². The zero-order valence-corrected chi connectivity index (χ0v) is 22.3. The van der Waals surface area contributed by atoms with E-state index >= 15 is 0 Å². The first-order valence-electron chi connectivity index (χ1n) is 12.7. The molecule has 0 atom stereocenters. The molecular weight excluding hydrogens is 498 g/mol. The lowest BCUT2D eigenvalue weighted by Gasteiger charge is -2.26. The summed E-state index contributed by atoms with van der Waals surface area (Å²) >= 11 is 0. The van der Waals surface area contributed by atoms with Crippen LogP contribution in [0.25, 0.3) is 6.08 Å². The van der Waals surface area contributed by atoms with E-state index in [0.29, 0.717) is 41.1 Å². The molecule has 0 saturated carbocycles. The average molecular weight is 532 g/mol. The number of benzene rings is 1. The van der Waals surface area contributed by atoms with E-state index in [0.717, 1.165) is 44.6 Å². The topological polar surface area (TPSA) is 141 Å². The highest BCUT2D eigenvalue weighted by Gasteiger charge is 2.20. The van der Waals surface area contributed by atoms with Gasteiger partial charge in [-0.05, 0) is 30.2 Å². The van der Waals surface area contributed by atoms with E-state index in [1.165, 1.54) is 0 Å². The highest BCUT2D eigenvalue weighted by molar-refractivity contribution is 5.99. The number of carbonyl (C=O) groups is 1. The number of morpholine rings is 1. The van der Waals surface area contributed by atoms with Gasteiger partial charge in [0.2, 0.25) is 0 Å². The van der Waals surface area contributed by atoms with Crippen molar-refractivity contribution in [3.63, 3.8) is 0 Å². The Balaban J connectivity index is 1.27. The van der Waals surface area contributed by atoms with Gasteiger partial charge in [-0.1, -0.05) is 31.8 Å².